The first-order valence-electron chi connectivity index (χ1n) is 6.97. The van der Waals surface area contributed by atoms with E-state index in [1.54, 1.807) is 24.3 Å². The maximum atomic E-state index is 11.7. The van der Waals surface area contributed by atoms with E-state index in [-0.39, 0.29) is 12.5 Å². The van der Waals surface area contributed by atoms with Crippen LogP contribution in [0.5, 0.6) is 5.75 Å². The highest BCUT2D eigenvalue weighted by Crippen LogP contribution is 2.27. The zero-order chi connectivity index (χ0) is 15.1. The summed E-state index contributed by atoms with van der Waals surface area (Å²) in [4.78, 5) is 22.8. The number of hydrogen-bond acceptors (Lipinski definition) is 5. The Hall–Kier alpha value is -2.08. The Labute approximate surface area is 123 Å². The molecule has 0 bridgehead atoms. The van der Waals surface area contributed by atoms with Crippen molar-refractivity contribution in [3.05, 3.63) is 24.3 Å². The maximum Gasteiger partial charge on any atom is 0.343 e. The predicted octanol–water partition coefficient (Wildman–Crippen LogP) is 1.18. The second kappa shape index (κ2) is 7.64. The SMILES string of the molecule is COC(=O)COc1cccc(NC(=O)CNCC2CC2)c1. The number of hydrogen-bond donors (Lipinski definition) is 2. The lowest BCUT2D eigenvalue weighted by atomic mass is 10.3. The number of methoxy groups -OCH3 is 1. The molecule has 1 aliphatic carbocycles. The minimum atomic E-state index is -0.450. The van der Waals surface area contributed by atoms with Gasteiger partial charge in [0, 0.05) is 11.8 Å². The largest absolute Gasteiger partial charge is 0.482 e. The Morgan fingerprint density at radius 1 is 1.33 bits per heavy atom. The summed E-state index contributed by atoms with van der Waals surface area (Å²) in [6.45, 7) is 1.04. The summed E-state index contributed by atoms with van der Waals surface area (Å²) < 4.78 is 9.75. The number of carbonyl (C=O) groups is 2. The summed E-state index contributed by atoms with van der Waals surface area (Å²) >= 11 is 0. The average molecular weight is 292 g/mol. The van der Waals surface area contributed by atoms with E-state index in [1.807, 2.05) is 0 Å². The number of nitrogens with one attached hydrogen (secondary N) is 2. The molecular formula is C15H20N2O4. The fourth-order valence-corrected chi connectivity index (χ4v) is 1.78. The van der Waals surface area contributed by atoms with Crippen LogP contribution in [0.3, 0.4) is 0 Å². The highest BCUT2D eigenvalue weighted by molar-refractivity contribution is 5.92. The standard InChI is InChI=1S/C15H20N2O4/c1-20-15(19)10-21-13-4-2-3-12(7-13)17-14(18)9-16-8-11-5-6-11/h2-4,7,11,16H,5-6,8-10H2,1H3,(H,17,18). The van der Waals surface area contributed by atoms with Crippen molar-refractivity contribution in [3.63, 3.8) is 0 Å². The van der Waals surface area contributed by atoms with E-state index in [2.05, 4.69) is 15.4 Å². The molecule has 1 aliphatic rings. The molecule has 0 aliphatic heterocycles. The number of ether oxygens (including phenoxy) is 2. The topological polar surface area (TPSA) is 76.7 Å². The number of carbonyl (C=O) groups excluding carboxylic acids is 2. The van der Waals surface area contributed by atoms with Crippen LogP contribution < -0.4 is 15.4 Å². The van der Waals surface area contributed by atoms with E-state index < -0.39 is 5.97 Å². The van der Waals surface area contributed by atoms with E-state index in [0.29, 0.717) is 18.0 Å². The Morgan fingerprint density at radius 3 is 2.86 bits per heavy atom. The van der Waals surface area contributed by atoms with Crippen molar-refractivity contribution in [2.75, 3.05) is 32.1 Å². The van der Waals surface area contributed by atoms with Crippen molar-refractivity contribution >= 4 is 17.6 Å². The minimum Gasteiger partial charge on any atom is -0.482 e. The minimum absolute atomic E-state index is 0.0965. The lowest BCUT2D eigenvalue weighted by molar-refractivity contribution is -0.142. The van der Waals surface area contributed by atoms with Gasteiger partial charge in [-0.15, -0.1) is 0 Å². The van der Waals surface area contributed by atoms with E-state index >= 15 is 0 Å². The molecule has 2 N–H and O–H groups in total. The second-order valence-electron chi connectivity index (χ2n) is 5.02. The molecule has 0 unspecified atom stereocenters. The summed E-state index contributed by atoms with van der Waals surface area (Å²) in [6, 6.07) is 6.90. The maximum absolute atomic E-state index is 11.7. The third-order valence-electron chi connectivity index (χ3n) is 3.12. The zero-order valence-electron chi connectivity index (χ0n) is 12.1. The first-order chi connectivity index (χ1) is 10.2. The molecule has 0 aromatic heterocycles. The number of esters is 1. The highest BCUT2D eigenvalue weighted by Gasteiger charge is 2.20. The predicted molar refractivity (Wildman–Crippen MR) is 78.2 cm³/mol. The lowest BCUT2D eigenvalue weighted by Gasteiger charge is -2.09. The molecule has 21 heavy (non-hydrogen) atoms. The van der Waals surface area contributed by atoms with Gasteiger partial charge in [0.1, 0.15) is 5.75 Å². The van der Waals surface area contributed by atoms with Gasteiger partial charge < -0.3 is 20.1 Å². The van der Waals surface area contributed by atoms with Gasteiger partial charge in [0.2, 0.25) is 5.91 Å². The van der Waals surface area contributed by atoms with Crippen LogP contribution in [0.25, 0.3) is 0 Å². The van der Waals surface area contributed by atoms with Crippen molar-refractivity contribution in [1.29, 1.82) is 0 Å². The molecule has 1 aromatic carbocycles. The zero-order valence-corrected chi connectivity index (χ0v) is 12.1. The first kappa shape index (κ1) is 15.3. The highest BCUT2D eigenvalue weighted by atomic mass is 16.6. The van der Waals surface area contributed by atoms with E-state index in [9.17, 15) is 9.59 Å². The van der Waals surface area contributed by atoms with E-state index in [1.165, 1.54) is 20.0 Å². The van der Waals surface area contributed by atoms with Crippen molar-refractivity contribution in [1.82, 2.24) is 5.32 Å². The molecule has 114 valence electrons. The molecule has 1 saturated carbocycles. The molecule has 1 amide bonds. The summed E-state index contributed by atoms with van der Waals surface area (Å²) in [5.74, 6) is 0.700. The van der Waals surface area contributed by atoms with Crippen LogP contribution in [-0.2, 0) is 14.3 Å². The van der Waals surface area contributed by atoms with Crippen molar-refractivity contribution in [2.24, 2.45) is 5.92 Å². The molecule has 0 spiro atoms. The van der Waals surface area contributed by atoms with Crippen LogP contribution in [0.1, 0.15) is 12.8 Å². The van der Waals surface area contributed by atoms with Gasteiger partial charge in [-0.3, -0.25) is 4.79 Å². The van der Waals surface area contributed by atoms with E-state index in [0.717, 1.165) is 12.5 Å². The lowest BCUT2D eigenvalue weighted by Crippen LogP contribution is -2.29. The van der Waals surface area contributed by atoms with Crippen molar-refractivity contribution in [3.8, 4) is 5.75 Å². The molecule has 2 rings (SSSR count). The Bertz CT molecular complexity index is 500. The van der Waals surface area contributed by atoms with Crippen LogP contribution in [0.15, 0.2) is 24.3 Å². The number of anilines is 1. The van der Waals surface area contributed by atoms with Crippen LogP contribution in [0.2, 0.25) is 0 Å². The van der Waals surface area contributed by atoms with Gasteiger partial charge in [-0.1, -0.05) is 6.07 Å². The normalized spacial score (nSPS) is 13.6. The molecule has 6 heteroatoms. The van der Waals surface area contributed by atoms with Crippen LogP contribution >= 0.6 is 0 Å². The molecule has 0 atom stereocenters. The number of amides is 1. The summed E-state index contributed by atoms with van der Waals surface area (Å²) in [5, 5.41) is 5.91. The van der Waals surface area contributed by atoms with Gasteiger partial charge in [-0.25, -0.2) is 4.79 Å². The third kappa shape index (κ3) is 5.83. The summed E-state index contributed by atoms with van der Waals surface area (Å²) in [5.41, 5.74) is 0.635. The second-order valence-corrected chi connectivity index (χ2v) is 5.02. The van der Waals surface area contributed by atoms with Crippen LogP contribution in [-0.4, -0.2) is 38.7 Å². The molecule has 0 saturated heterocycles. The molecule has 0 heterocycles. The van der Waals surface area contributed by atoms with Gasteiger partial charge in [0.25, 0.3) is 0 Å². The molecule has 1 fully saturated rings. The summed E-state index contributed by atoms with van der Waals surface area (Å²) in [7, 11) is 1.30. The van der Waals surface area contributed by atoms with E-state index in [4.69, 9.17) is 4.74 Å². The fraction of sp³-hybridized carbons (Fsp3) is 0.467. The summed E-state index contributed by atoms with van der Waals surface area (Å²) in [6.07, 6.45) is 2.52. The quantitative estimate of drug-likeness (QED) is 0.704. The Morgan fingerprint density at radius 2 is 2.14 bits per heavy atom. The Kier molecular flexibility index (Phi) is 5.57. The molecular weight excluding hydrogens is 272 g/mol. The van der Waals surface area contributed by atoms with Crippen LogP contribution in [0.4, 0.5) is 5.69 Å². The average Bonchev–Trinajstić information content (AvgIpc) is 3.29. The first-order valence-corrected chi connectivity index (χ1v) is 6.97. The van der Waals surface area contributed by atoms with Gasteiger partial charge in [0.15, 0.2) is 6.61 Å². The number of rotatable bonds is 8. The molecule has 0 radical (unpaired) electrons. The van der Waals surface area contributed by atoms with Crippen molar-refractivity contribution in [2.45, 2.75) is 12.8 Å². The van der Waals surface area contributed by atoms with Gasteiger partial charge >= 0.3 is 5.97 Å². The van der Waals surface area contributed by atoms with Crippen LogP contribution in [0, 0.1) is 5.92 Å². The van der Waals surface area contributed by atoms with Gasteiger partial charge in [0.05, 0.1) is 13.7 Å². The Balaban J connectivity index is 1.76. The fourth-order valence-electron chi connectivity index (χ4n) is 1.78. The molecule has 1 aromatic rings. The smallest absolute Gasteiger partial charge is 0.343 e. The van der Waals surface area contributed by atoms with Gasteiger partial charge in [-0.2, -0.15) is 0 Å². The third-order valence-corrected chi connectivity index (χ3v) is 3.12. The number of benzene rings is 1. The van der Waals surface area contributed by atoms with Crippen molar-refractivity contribution < 1.29 is 19.1 Å². The van der Waals surface area contributed by atoms with Gasteiger partial charge in [-0.05, 0) is 37.4 Å². The monoisotopic (exact) mass is 292 g/mol. The molecule has 6 nitrogen and oxygen atoms in total.